The van der Waals surface area contributed by atoms with E-state index >= 15 is 0 Å². The minimum absolute atomic E-state index is 0.0745. The predicted octanol–water partition coefficient (Wildman–Crippen LogP) is 4.88. The minimum atomic E-state index is -0.0745. The van der Waals surface area contributed by atoms with Crippen LogP contribution >= 0.6 is 0 Å². The Bertz CT molecular complexity index is 1220. The molecule has 1 amide bonds. The maximum absolute atomic E-state index is 12.2. The van der Waals surface area contributed by atoms with Crippen molar-refractivity contribution < 1.29 is 9.53 Å². The number of hydrogen-bond donors (Lipinski definition) is 1. The first-order chi connectivity index (χ1) is 16.1. The van der Waals surface area contributed by atoms with Crippen molar-refractivity contribution in [2.75, 3.05) is 13.2 Å². The van der Waals surface area contributed by atoms with Crippen molar-refractivity contribution >= 4 is 16.9 Å². The molecule has 4 aromatic rings. The Balaban J connectivity index is 1.34. The zero-order chi connectivity index (χ0) is 23.0. The molecule has 6 heteroatoms. The van der Waals surface area contributed by atoms with E-state index in [4.69, 9.17) is 9.72 Å². The molecule has 170 valence electrons. The lowest BCUT2D eigenvalue weighted by Gasteiger charge is -2.13. The summed E-state index contributed by atoms with van der Waals surface area (Å²) in [5.41, 5.74) is 5.21. The lowest BCUT2D eigenvalue weighted by molar-refractivity contribution is 0.0953. The first-order valence-corrected chi connectivity index (χ1v) is 11.4. The average molecular weight is 443 g/mol. The quantitative estimate of drug-likeness (QED) is 0.356. The van der Waals surface area contributed by atoms with E-state index in [1.807, 2.05) is 30.3 Å². The number of para-hydroxylation sites is 2. The smallest absolute Gasteiger partial charge is 0.251 e. The maximum atomic E-state index is 12.2. The maximum Gasteiger partial charge on any atom is 0.251 e. The fourth-order valence-corrected chi connectivity index (χ4v) is 3.90. The number of fused-ring (bicyclic) bond motifs is 1. The standard InChI is InChI=1S/C27H30N4O2/c1-20-8-5-11-25(21(20)2)33-19-7-18-31-24-10-4-3-9-23(24)30-26(31)12-6-15-29-27(32)22-13-16-28-17-14-22/h3-5,8-11,13-14,16-17H,6-7,12,15,18-19H2,1-2H3,(H,29,32). The first kappa shape index (κ1) is 22.5. The highest BCUT2D eigenvalue weighted by atomic mass is 16.5. The van der Waals surface area contributed by atoms with E-state index in [9.17, 15) is 4.79 Å². The summed E-state index contributed by atoms with van der Waals surface area (Å²) in [6.45, 7) is 6.29. The van der Waals surface area contributed by atoms with Crippen molar-refractivity contribution in [1.29, 1.82) is 0 Å². The van der Waals surface area contributed by atoms with Crippen LogP contribution in [0.15, 0.2) is 67.0 Å². The van der Waals surface area contributed by atoms with Gasteiger partial charge < -0.3 is 14.6 Å². The number of amides is 1. The summed E-state index contributed by atoms with van der Waals surface area (Å²) in [4.78, 5) is 21.0. The van der Waals surface area contributed by atoms with E-state index in [0.717, 1.165) is 48.4 Å². The molecule has 1 N–H and O–H groups in total. The predicted molar refractivity (Wildman–Crippen MR) is 131 cm³/mol. The molecule has 0 saturated carbocycles. The van der Waals surface area contributed by atoms with Crippen molar-refractivity contribution in [1.82, 2.24) is 19.9 Å². The normalized spacial score (nSPS) is 11.0. The molecule has 0 spiro atoms. The third-order valence-electron chi connectivity index (χ3n) is 5.88. The highest BCUT2D eigenvalue weighted by Crippen LogP contribution is 2.21. The van der Waals surface area contributed by atoms with E-state index < -0.39 is 0 Å². The van der Waals surface area contributed by atoms with Gasteiger partial charge in [-0.25, -0.2) is 4.98 Å². The fourth-order valence-electron chi connectivity index (χ4n) is 3.90. The molecule has 0 radical (unpaired) electrons. The number of benzene rings is 2. The Labute approximate surface area is 194 Å². The second kappa shape index (κ2) is 10.8. The zero-order valence-electron chi connectivity index (χ0n) is 19.3. The van der Waals surface area contributed by atoms with Crippen LogP contribution in [0.25, 0.3) is 11.0 Å². The summed E-state index contributed by atoms with van der Waals surface area (Å²) >= 11 is 0. The van der Waals surface area contributed by atoms with Gasteiger partial charge in [-0.05, 0) is 68.1 Å². The lowest BCUT2D eigenvalue weighted by atomic mass is 10.1. The number of ether oxygens (including phenoxy) is 1. The summed E-state index contributed by atoms with van der Waals surface area (Å²) < 4.78 is 8.33. The second-order valence-corrected chi connectivity index (χ2v) is 8.16. The van der Waals surface area contributed by atoms with Crippen LogP contribution < -0.4 is 10.1 Å². The van der Waals surface area contributed by atoms with Crippen LogP contribution in [-0.2, 0) is 13.0 Å². The van der Waals surface area contributed by atoms with Gasteiger partial charge in [0.05, 0.1) is 17.6 Å². The molecule has 33 heavy (non-hydrogen) atoms. The van der Waals surface area contributed by atoms with Gasteiger partial charge in [-0.3, -0.25) is 9.78 Å². The van der Waals surface area contributed by atoms with Gasteiger partial charge in [0.2, 0.25) is 0 Å². The van der Waals surface area contributed by atoms with Crippen molar-refractivity contribution in [3.05, 3.63) is 89.5 Å². The van der Waals surface area contributed by atoms with Gasteiger partial charge in [0.1, 0.15) is 11.6 Å². The minimum Gasteiger partial charge on any atom is -0.493 e. The van der Waals surface area contributed by atoms with Crippen LogP contribution in [0.2, 0.25) is 0 Å². The number of nitrogens with zero attached hydrogens (tertiary/aromatic N) is 3. The molecule has 6 nitrogen and oxygen atoms in total. The number of imidazole rings is 1. The Morgan fingerprint density at radius 3 is 2.67 bits per heavy atom. The van der Waals surface area contributed by atoms with Crippen molar-refractivity contribution in [2.24, 2.45) is 0 Å². The molecular weight excluding hydrogens is 412 g/mol. The van der Waals surface area contributed by atoms with E-state index in [2.05, 4.69) is 40.8 Å². The number of carbonyl (C=O) groups is 1. The Hall–Kier alpha value is -3.67. The lowest BCUT2D eigenvalue weighted by Crippen LogP contribution is -2.25. The van der Waals surface area contributed by atoms with Crippen molar-refractivity contribution in [3.8, 4) is 5.75 Å². The van der Waals surface area contributed by atoms with Crippen LogP contribution in [0.4, 0.5) is 0 Å². The summed E-state index contributed by atoms with van der Waals surface area (Å²) in [6.07, 6.45) is 5.75. The summed E-state index contributed by atoms with van der Waals surface area (Å²) in [7, 11) is 0. The molecule has 0 aliphatic carbocycles. The molecule has 0 atom stereocenters. The fraction of sp³-hybridized carbons (Fsp3) is 0.296. The summed E-state index contributed by atoms with van der Waals surface area (Å²) in [5.74, 6) is 1.92. The molecule has 4 rings (SSSR count). The summed E-state index contributed by atoms with van der Waals surface area (Å²) in [6, 6.07) is 17.8. The third-order valence-corrected chi connectivity index (χ3v) is 5.88. The Kier molecular flexibility index (Phi) is 7.35. The van der Waals surface area contributed by atoms with Crippen molar-refractivity contribution in [3.63, 3.8) is 0 Å². The van der Waals surface area contributed by atoms with Crippen LogP contribution in [0.1, 0.15) is 40.2 Å². The SMILES string of the molecule is Cc1cccc(OCCCn2c(CCCNC(=O)c3ccncc3)nc3ccccc32)c1C. The first-order valence-electron chi connectivity index (χ1n) is 11.4. The second-order valence-electron chi connectivity index (χ2n) is 8.16. The number of aromatic nitrogens is 3. The topological polar surface area (TPSA) is 69.0 Å². The highest BCUT2D eigenvalue weighted by molar-refractivity contribution is 5.93. The number of aryl methyl sites for hydroxylation is 3. The van der Waals surface area contributed by atoms with Gasteiger partial charge in [-0.2, -0.15) is 0 Å². The monoisotopic (exact) mass is 442 g/mol. The van der Waals surface area contributed by atoms with Gasteiger partial charge in [0, 0.05) is 37.5 Å². The molecule has 0 bridgehead atoms. The number of nitrogens with one attached hydrogen (secondary N) is 1. The van der Waals surface area contributed by atoms with Gasteiger partial charge >= 0.3 is 0 Å². The number of hydrogen-bond acceptors (Lipinski definition) is 4. The van der Waals surface area contributed by atoms with Gasteiger partial charge in [0.25, 0.3) is 5.91 Å². The number of carbonyl (C=O) groups excluding carboxylic acids is 1. The largest absolute Gasteiger partial charge is 0.493 e. The highest BCUT2D eigenvalue weighted by Gasteiger charge is 2.11. The number of rotatable bonds is 10. The zero-order valence-corrected chi connectivity index (χ0v) is 19.3. The van der Waals surface area contributed by atoms with Crippen LogP contribution in [-0.4, -0.2) is 33.6 Å². The molecule has 0 fully saturated rings. The third kappa shape index (κ3) is 5.58. The molecule has 0 unspecified atom stereocenters. The molecule has 0 aliphatic heterocycles. The van der Waals surface area contributed by atoms with Gasteiger partial charge in [-0.1, -0.05) is 24.3 Å². The van der Waals surface area contributed by atoms with Crippen molar-refractivity contribution in [2.45, 2.75) is 39.7 Å². The molecular formula is C27H30N4O2. The van der Waals surface area contributed by atoms with Crippen LogP contribution in [0, 0.1) is 13.8 Å². The van der Waals surface area contributed by atoms with Crippen LogP contribution in [0.5, 0.6) is 5.75 Å². The van der Waals surface area contributed by atoms with Gasteiger partial charge in [-0.15, -0.1) is 0 Å². The Morgan fingerprint density at radius 1 is 1.00 bits per heavy atom. The van der Waals surface area contributed by atoms with E-state index in [0.29, 0.717) is 18.7 Å². The molecule has 2 heterocycles. The molecule has 0 saturated heterocycles. The molecule has 0 aliphatic rings. The van der Waals surface area contributed by atoms with E-state index in [1.165, 1.54) is 11.1 Å². The van der Waals surface area contributed by atoms with Crippen LogP contribution in [0.3, 0.4) is 0 Å². The van der Waals surface area contributed by atoms with E-state index in [1.54, 1.807) is 24.5 Å². The average Bonchev–Trinajstić information content (AvgIpc) is 3.20. The Morgan fingerprint density at radius 2 is 1.82 bits per heavy atom. The van der Waals surface area contributed by atoms with Gasteiger partial charge in [0.15, 0.2) is 0 Å². The summed E-state index contributed by atoms with van der Waals surface area (Å²) in [5, 5.41) is 2.98. The number of pyridine rings is 1. The molecule has 2 aromatic heterocycles. The molecule has 2 aromatic carbocycles. The van der Waals surface area contributed by atoms with E-state index in [-0.39, 0.29) is 5.91 Å².